The summed E-state index contributed by atoms with van der Waals surface area (Å²) in [5.74, 6) is 0.393. The Bertz CT molecular complexity index is 1150. The minimum absolute atomic E-state index is 0.0180. The van der Waals surface area contributed by atoms with Gasteiger partial charge in [0.05, 0.1) is 17.7 Å². The third-order valence-electron chi connectivity index (χ3n) is 4.49. The molecule has 0 spiro atoms. The van der Waals surface area contributed by atoms with Crippen LogP contribution in [0.4, 0.5) is 10.8 Å². The van der Waals surface area contributed by atoms with Gasteiger partial charge in [-0.05, 0) is 24.6 Å². The van der Waals surface area contributed by atoms with Gasteiger partial charge in [0.2, 0.25) is 11.0 Å². The van der Waals surface area contributed by atoms with Gasteiger partial charge in [-0.2, -0.15) is 0 Å². The molecule has 4 rings (SSSR count). The van der Waals surface area contributed by atoms with E-state index in [4.69, 9.17) is 4.74 Å². The molecule has 1 saturated heterocycles. The molecule has 2 aromatic carbocycles. The minimum atomic E-state index is -3.91. The standard InChI is InChI=1S/C19H18N4O4S2/c1-27-16-10-9-14(12-15(16)23-11-5-8-17(23)24)29(25,26)22-19-21-20-18(28-19)13-6-3-2-4-7-13/h2-4,6-7,9-10,12H,5,8,11H2,1H3,(H,21,22). The van der Waals surface area contributed by atoms with Crippen molar-refractivity contribution in [2.24, 2.45) is 0 Å². The molecule has 8 nitrogen and oxygen atoms in total. The van der Waals surface area contributed by atoms with E-state index >= 15 is 0 Å². The molecule has 10 heteroatoms. The summed E-state index contributed by atoms with van der Waals surface area (Å²) in [4.78, 5) is 13.7. The van der Waals surface area contributed by atoms with Crippen LogP contribution in [0.2, 0.25) is 0 Å². The highest BCUT2D eigenvalue weighted by molar-refractivity contribution is 7.93. The van der Waals surface area contributed by atoms with Gasteiger partial charge in [0.15, 0.2) is 0 Å². The molecule has 2 heterocycles. The van der Waals surface area contributed by atoms with E-state index in [9.17, 15) is 13.2 Å². The van der Waals surface area contributed by atoms with Crippen LogP contribution < -0.4 is 14.4 Å². The summed E-state index contributed by atoms with van der Waals surface area (Å²) >= 11 is 1.14. The van der Waals surface area contributed by atoms with E-state index in [2.05, 4.69) is 14.9 Å². The number of carbonyl (C=O) groups excluding carboxylic acids is 1. The number of nitrogens with one attached hydrogen (secondary N) is 1. The number of anilines is 2. The van der Waals surface area contributed by atoms with Gasteiger partial charge in [-0.25, -0.2) is 8.42 Å². The second kappa shape index (κ2) is 7.80. The number of carbonyl (C=O) groups is 1. The van der Waals surface area contributed by atoms with Crippen LogP contribution in [0.1, 0.15) is 12.8 Å². The lowest BCUT2D eigenvalue weighted by atomic mass is 10.2. The first-order valence-corrected chi connectivity index (χ1v) is 11.2. The van der Waals surface area contributed by atoms with Crippen LogP contribution in [-0.4, -0.2) is 38.2 Å². The topological polar surface area (TPSA) is 101 Å². The van der Waals surface area contributed by atoms with Crippen molar-refractivity contribution in [1.82, 2.24) is 10.2 Å². The summed E-state index contributed by atoms with van der Waals surface area (Å²) in [6, 6.07) is 13.8. The Morgan fingerprint density at radius 1 is 1.14 bits per heavy atom. The van der Waals surface area contributed by atoms with Crippen molar-refractivity contribution in [1.29, 1.82) is 0 Å². The molecule has 150 valence electrons. The Balaban J connectivity index is 1.62. The number of benzene rings is 2. The Hall–Kier alpha value is -2.98. The van der Waals surface area contributed by atoms with Gasteiger partial charge in [0, 0.05) is 18.5 Å². The number of ether oxygens (including phenoxy) is 1. The molecule has 0 radical (unpaired) electrons. The minimum Gasteiger partial charge on any atom is -0.495 e. The summed E-state index contributed by atoms with van der Waals surface area (Å²) in [7, 11) is -2.43. The molecule has 1 aliphatic rings. The monoisotopic (exact) mass is 430 g/mol. The number of rotatable bonds is 6. The highest BCUT2D eigenvalue weighted by atomic mass is 32.2. The zero-order valence-electron chi connectivity index (χ0n) is 15.5. The third kappa shape index (κ3) is 3.94. The van der Waals surface area contributed by atoms with Gasteiger partial charge in [-0.15, -0.1) is 10.2 Å². The number of amides is 1. The Kier molecular flexibility index (Phi) is 5.20. The van der Waals surface area contributed by atoms with Crippen molar-refractivity contribution in [3.63, 3.8) is 0 Å². The van der Waals surface area contributed by atoms with Gasteiger partial charge in [-0.3, -0.25) is 9.52 Å². The Morgan fingerprint density at radius 2 is 1.93 bits per heavy atom. The number of hydrogen-bond donors (Lipinski definition) is 1. The van der Waals surface area contributed by atoms with Gasteiger partial charge in [0.1, 0.15) is 10.8 Å². The second-order valence-electron chi connectivity index (χ2n) is 6.37. The maximum Gasteiger partial charge on any atom is 0.263 e. The fourth-order valence-electron chi connectivity index (χ4n) is 3.09. The van der Waals surface area contributed by atoms with Crippen LogP contribution in [0.5, 0.6) is 5.75 Å². The van der Waals surface area contributed by atoms with Crippen molar-refractivity contribution in [3.8, 4) is 16.3 Å². The van der Waals surface area contributed by atoms with E-state index in [1.54, 1.807) is 11.0 Å². The van der Waals surface area contributed by atoms with Crippen LogP contribution in [0.15, 0.2) is 53.4 Å². The molecule has 0 unspecified atom stereocenters. The Labute approximate surface area is 172 Å². The SMILES string of the molecule is COc1ccc(S(=O)(=O)Nc2nnc(-c3ccccc3)s2)cc1N1CCCC1=O. The average Bonchev–Trinajstić information content (AvgIpc) is 3.36. The largest absolute Gasteiger partial charge is 0.495 e. The molecule has 0 atom stereocenters. The number of hydrogen-bond acceptors (Lipinski definition) is 7. The number of aromatic nitrogens is 2. The summed E-state index contributed by atoms with van der Waals surface area (Å²) < 4.78 is 33.5. The molecule has 29 heavy (non-hydrogen) atoms. The van der Waals surface area contributed by atoms with E-state index in [1.807, 2.05) is 30.3 Å². The highest BCUT2D eigenvalue weighted by Gasteiger charge is 2.27. The molecule has 1 aromatic heterocycles. The lowest BCUT2D eigenvalue weighted by Crippen LogP contribution is -2.24. The van der Waals surface area contributed by atoms with Crippen molar-refractivity contribution in [3.05, 3.63) is 48.5 Å². The maximum absolute atomic E-state index is 12.9. The van der Waals surface area contributed by atoms with Crippen molar-refractivity contribution in [2.45, 2.75) is 17.7 Å². The van der Waals surface area contributed by atoms with E-state index in [0.717, 1.165) is 23.3 Å². The summed E-state index contributed by atoms with van der Waals surface area (Å²) in [5, 5.41) is 8.77. The summed E-state index contributed by atoms with van der Waals surface area (Å²) in [5.41, 5.74) is 1.30. The van der Waals surface area contributed by atoms with E-state index < -0.39 is 10.0 Å². The molecule has 0 aliphatic carbocycles. The van der Waals surface area contributed by atoms with Gasteiger partial charge >= 0.3 is 0 Å². The molecule has 0 saturated carbocycles. The lowest BCUT2D eigenvalue weighted by Gasteiger charge is -2.19. The first-order valence-electron chi connectivity index (χ1n) is 8.88. The van der Waals surface area contributed by atoms with Crippen LogP contribution >= 0.6 is 11.3 Å². The quantitative estimate of drug-likeness (QED) is 0.645. The fourth-order valence-corrected chi connectivity index (χ4v) is 5.09. The lowest BCUT2D eigenvalue weighted by molar-refractivity contribution is -0.117. The molecule has 3 aromatic rings. The predicted octanol–water partition coefficient (Wildman–Crippen LogP) is 3.14. The smallest absolute Gasteiger partial charge is 0.263 e. The molecule has 0 bridgehead atoms. The van der Waals surface area contributed by atoms with Crippen LogP contribution in [0.3, 0.4) is 0 Å². The van der Waals surface area contributed by atoms with Crippen LogP contribution in [0, 0.1) is 0 Å². The van der Waals surface area contributed by atoms with Crippen molar-refractivity contribution < 1.29 is 17.9 Å². The number of methoxy groups -OCH3 is 1. The third-order valence-corrected chi connectivity index (χ3v) is 6.85. The number of sulfonamides is 1. The maximum atomic E-state index is 12.9. The van der Waals surface area contributed by atoms with Gasteiger partial charge < -0.3 is 9.64 Å². The van der Waals surface area contributed by atoms with Crippen molar-refractivity contribution in [2.75, 3.05) is 23.3 Å². The van der Waals surface area contributed by atoms with E-state index in [1.165, 1.54) is 19.2 Å². The highest BCUT2D eigenvalue weighted by Crippen LogP contribution is 2.34. The molecule has 1 amide bonds. The predicted molar refractivity (Wildman–Crippen MR) is 111 cm³/mol. The molecule has 1 fully saturated rings. The van der Waals surface area contributed by atoms with Crippen LogP contribution in [-0.2, 0) is 14.8 Å². The molecule has 1 N–H and O–H groups in total. The number of nitrogens with zero attached hydrogens (tertiary/aromatic N) is 3. The van der Waals surface area contributed by atoms with E-state index in [0.29, 0.717) is 29.4 Å². The van der Waals surface area contributed by atoms with Crippen molar-refractivity contribution >= 4 is 38.1 Å². The molecular formula is C19H18N4O4S2. The van der Waals surface area contributed by atoms with E-state index in [-0.39, 0.29) is 15.9 Å². The second-order valence-corrected chi connectivity index (χ2v) is 9.03. The average molecular weight is 431 g/mol. The molecule has 1 aliphatic heterocycles. The van der Waals surface area contributed by atoms with Crippen LogP contribution in [0.25, 0.3) is 10.6 Å². The summed E-state index contributed by atoms with van der Waals surface area (Å²) in [6.45, 7) is 0.531. The zero-order chi connectivity index (χ0) is 20.4. The van der Waals surface area contributed by atoms with Gasteiger partial charge in [-0.1, -0.05) is 41.7 Å². The first kappa shape index (κ1) is 19.3. The summed E-state index contributed by atoms with van der Waals surface area (Å²) in [6.07, 6.45) is 1.16. The van der Waals surface area contributed by atoms with Gasteiger partial charge in [0.25, 0.3) is 10.0 Å². The first-order chi connectivity index (χ1) is 14.0. The Morgan fingerprint density at radius 3 is 2.62 bits per heavy atom. The molecular weight excluding hydrogens is 412 g/mol. The fraction of sp³-hybridized carbons (Fsp3) is 0.211. The zero-order valence-corrected chi connectivity index (χ0v) is 17.2. The normalized spacial score (nSPS) is 14.2.